The molecular formula is C21H17Cl2N5O4. The first-order valence-electron chi connectivity index (χ1n) is 9.48. The van der Waals surface area contributed by atoms with Gasteiger partial charge in [0.2, 0.25) is 11.9 Å². The monoisotopic (exact) mass is 473 g/mol. The van der Waals surface area contributed by atoms with E-state index in [9.17, 15) is 9.59 Å². The van der Waals surface area contributed by atoms with Crippen LogP contribution in [0.25, 0.3) is 0 Å². The number of nitrogens with zero attached hydrogens (tertiary/aromatic N) is 3. The summed E-state index contributed by atoms with van der Waals surface area (Å²) in [5, 5.41) is 5.76. The highest BCUT2D eigenvalue weighted by atomic mass is 35.5. The Hall–Kier alpha value is -3.43. The van der Waals surface area contributed by atoms with E-state index in [0.29, 0.717) is 22.6 Å². The second-order valence-electron chi connectivity index (χ2n) is 6.82. The first kappa shape index (κ1) is 21.8. The second kappa shape index (κ2) is 9.37. The Bertz CT molecular complexity index is 1160. The molecule has 1 aliphatic rings. The van der Waals surface area contributed by atoms with Crippen molar-refractivity contribution in [2.75, 3.05) is 24.4 Å². The maximum atomic E-state index is 13.1. The van der Waals surface area contributed by atoms with Crippen LogP contribution in [0.5, 0.6) is 11.5 Å². The average Bonchev–Trinajstić information content (AvgIpc) is 3.20. The smallest absolute Gasteiger partial charge is 0.256 e. The lowest BCUT2D eigenvalue weighted by Gasteiger charge is -2.15. The summed E-state index contributed by atoms with van der Waals surface area (Å²) in [6.07, 6.45) is 5.86. The molecule has 1 atom stereocenters. The molecule has 0 spiro atoms. The lowest BCUT2D eigenvalue weighted by atomic mass is 9.92. The highest BCUT2D eigenvalue weighted by molar-refractivity contribution is 6.39. The second-order valence-corrected chi connectivity index (χ2v) is 7.64. The van der Waals surface area contributed by atoms with Gasteiger partial charge in [-0.1, -0.05) is 23.2 Å². The van der Waals surface area contributed by atoms with E-state index in [0.717, 1.165) is 0 Å². The number of ether oxygens (including phenoxy) is 2. The van der Waals surface area contributed by atoms with E-state index in [1.807, 2.05) is 0 Å². The molecule has 164 valence electrons. The van der Waals surface area contributed by atoms with Crippen molar-refractivity contribution in [2.24, 2.45) is 0 Å². The summed E-state index contributed by atoms with van der Waals surface area (Å²) < 4.78 is 11.2. The topological polar surface area (TPSA) is 115 Å². The molecule has 3 heterocycles. The van der Waals surface area contributed by atoms with Crippen LogP contribution in [0.3, 0.4) is 0 Å². The Labute approximate surface area is 193 Å². The molecule has 32 heavy (non-hydrogen) atoms. The summed E-state index contributed by atoms with van der Waals surface area (Å²) in [6, 6.07) is 4.88. The molecular weight excluding hydrogens is 457 g/mol. The van der Waals surface area contributed by atoms with E-state index in [1.54, 1.807) is 18.2 Å². The van der Waals surface area contributed by atoms with Crippen LogP contribution in [-0.4, -0.2) is 40.5 Å². The number of amides is 2. The van der Waals surface area contributed by atoms with Gasteiger partial charge in [0.05, 0.1) is 29.4 Å². The van der Waals surface area contributed by atoms with Gasteiger partial charge in [0, 0.05) is 48.3 Å². The quantitative estimate of drug-likeness (QED) is 0.556. The number of pyridine rings is 1. The molecule has 0 fully saturated rings. The molecule has 1 aromatic carbocycles. The average molecular weight is 474 g/mol. The number of fused-ring (bicyclic) bond motifs is 1. The summed E-state index contributed by atoms with van der Waals surface area (Å²) in [5.74, 6) is -0.0879. The highest BCUT2D eigenvalue weighted by Gasteiger charge is 2.34. The number of benzene rings is 1. The van der Waals surface area contributed by atoms with E-state index < -0.39 is 11.8 Å². The van der Waals surface area contributed by atoms with Gasteiger partial charge in [-0.25, -0.2) is 9.97 Å². The standard InChI is InChI=1S/C21H17Cl2N5O4/c1-31-15-4-3-12(20(30)28-18-13(22)8-24-9-14(18)23)17-11(10-32-19(15)17)7-16(29)27-21-25-5-2-6-26-21/h2-6,8-9,11H,7,10H2,1H3,(H,24,28,30)(H,25,26,27,29). The molecule has 0 bridgehead atoms. The molecule has 2 amide bonds. The van der Waals surface area contributed by atoms with Crippen LogP contribution >= 0.6 is 23.2 Å². The lowest BCUT2D eigenvalue weighted by molar-refractivity contribution is -0.116. The van der Waals surface area contributed by atoms with Gasteiger partial charge in [-0.2, -0.15) is 0 Å². The van der Waals surface area contributed by atoms with E-state index in [2.05, 4.69) is 25.6 Å². The summed E-state index contributed by atoms with van der Waals surface area (Å²) in [7, 11) is 1.50. The molecule has 1 aliphatic heterocycles. The number of aromatic nitrogens is 3. The molecule has 9 nitrogen and oxygen atoms in total. The van der Waals surface area contributed by atoms with E-state index in [1.165, 1.54) is 31.9 Å². The predicted molar refractivity (Wildman–Crippen MR) is 119 cm³/mol. The largest absolute Gasteiger partial charge is 0.493 e. The van der Waals surface area contributed by atoms with Crippen LogP contribution in [0.1, 0.15) is 28.3 Å². The number of methoxy groups -OCH3 is 1. The van der Waals surface area contributed by atoms with Crippen LogP contribution in [-0.2, 0) is 4.79 Å². The van der Waals surface area contributed by atoms with Crippen LogP contribution in [0.15, 0.2) is 43.0 Å². The van der Waals surface area contributed by atoms with Crippen molar-refractivity contribution >= 4 is 46.7 Å². The Morgan fingerprint density at radius 2 is 1.88 bits per heavy atom. The molecule has 3 aromatic rings. The first-order valence-corrected chi connectivity index (χ1v) is 10.2. The summed E-state index contributed by atoms with van der Waals surface area (Å²) >= 11 is 12.3. The van der Waals surface area contributed by atoms with E-state index in [-0.39, 0.29) is 40.6 Å². The fraction of sp³-hybridized carbons (Fsp3) is 0.190. The van der Waals surface area contributed by atoms with Gasteiger partial charge in [0.15, 0.2) is 11.5 Å². The number of anilines is 2. The molecule has 0 saturated carbocycles. The Morgan fingerprint density at radius 3 is 2.56 bits per heavy atom. The normalized spacial score (nSPS) is 14.3. The van der Waals surface area contributed by atoms with Gasteiger partial charge in [-0.15, -0.1) is 0 Å². The van der Waals surface area contributed by atoms with Gasteiger partial charge in [0.1, 0.15) is 0 Å². The molecule has 0 aliphatic carbocycles. The number of rotatable bonds is 6. The Morgan fingerprint density at radius 1 is 1.16 bits per heavy atom. The third-order valence-corrected chi connectivity index (χ3v) is 5.38. The van der Waals surface area contributed by atoms with E-state index >= 15 is 0 Å². The Kier molecular flexibility index (Phi) is 6.38. The minimum atomic E-state index is -0.457. The number of nitrogens with one attached hydrogen (secondary N) is 2. The SMILES string of the molecule is COc1ccc(C(=O)Nc2c(Cl)cncc2Cl)c2c1OCC2CC(=O)Nc1ncccn1. The lowest BCUT2D eigenvalue weighted by Crippen LogP contribution is -2.20. The number of carbonyl (C=O) groups is 2. The first-order chi connectivity index (χ1) is 15.5. The molecule has 2 N–H and O–H groups in total. The summed E-state index contributed by atoms with van der Waals surface area (Å²) in [4.78, 5) is 37.6. The summed E-state index contributed by atoms with van der Waals surface area (Å²) in [6.45, 7) is 0.204. The number of carbonyl (C=O) groups excluding carboxylic acids is 2. The molecule has 2 aromatic heterocycles. The highest BCUT2D eigenvalue weighted by Crippen LogP contribution is 2.45. The fourth-order valence-corrected chi connectivity index (χ4v) is 3.85. The van der Waals surface area contributed by atoms with Crippen molar-refractivity contribution in [1.82, 2.24) is 15.0 Å². The maximum Gasteiger partial charge on any atom is 0.256 e. The molecule has 11 heteroatoms. The molecule has 0 radical (unpaired) electrons. The van der Waals surface area contributed by atoms with Gasteiger partial charge < -0.3 is 14.8 Å². The van der Waals surface area contributed by atoms with Crippen LogP contribution in [0, 0.1) is 0 Å². The number of hydrogen-bond donors (Lipinski definition) is 2. The zero-order valence-electron chi connectivity index (χ0n) is 16.8. The summed E-state index contributed by atoms with van der Waals surface area (Å²) in [5.41, 5.74) is 1.12. The maximum absolute atomic E-state index is 13.1. The predicted octanol–water partition coefficient (Wildman–Crippen LogP) is 3.94. The van der Waals surface area contributed by atoms with Crippen molar-refractivity contribution in [3.8, 4) is 11.5 Å². The van der Waals surface area contributed by atoms with Crippen molar-refractivity contribution in [1.29, 1.82) is 0 Å². The van der Waals surface area contributed by atoms with Gasteiger partial charge in [-0.3, -0.25) is 19.9 Å². The number of halogens is 2. The Balaban J connectivity index is 1.62. The van der Waals surface area contributed by atoms with Crippen molar-refractivity contribution in [3.63, 3.8) is 0 Å². The van der Waals surface area contributed by atoms with E-state index in [4.69, 9.17) is 32.7 Å². The zero-order chi connectivity index (χ0) is 22.7. The van der Waals surface area contributed by atoms with Crippen LogP contribution < -0.4 is 20.1 Å². The number of hydrogen-bond acceptors (Lipinski definition) is 7. The molecule has 0 saturated heterocycles. The minimum absolute atomic E-state index is 0.0511. The minimum Gasteiger partial charge on any atom is -0.493 e. The molecule has 4 rings (SSSR count). The van der Waals surface area contributed by atoms with Gasteiger partial charge >= 0.3 is 0 Å². The fourth-order valence-electron chi connectivity index (χ4n) is 3.40. The van der Waals surface area contributed by atoms with Crippen molar-refractivity contribution in [3.05, 3.63) is 64.2 Å². The third kappa shape index (κ3) is 4.44. The molecule has 1 unspecified atom stereocenters. The van der Waals surface area contributed by atoms with Crippen molar-refractivity contribution in [2.45, 2.75) is 12.3 Å². The van der Waals surface area contributed by atoms with Crippen LogP contribution in [0.2, 0.25) is 10.0 Å². The third-order valence-electron chi connectivity index (χ3n) is 4.80. The van der Waals surface area contributed by atoms with Crippen molar-refractivity contribution < 1.29 is 19.1 Å². The van der Waals surface area contributed by atoms with Gasteiger partial charge in [-0.05, 0) is 18.2 Å². The zero-order valence-corrected chi connectivity index (χ0v) is 18.3. The van der Waals surface area contributed by atoms with Crippen LogP contribution in [0.4, 0.5) is 11.6 Å². The van der Waals surface area contributed by atoms with Gasteiger partial charge in [0.25, 0.3) is 5.91 Å².